The van der Waals surface area contributed by atoms with Crippen molar-refractivity contribution in [1.82, 2.24) is 5.32 Å². The lowest BCUT2D eigenvalue weighted by molar-refractivity contribution is -0.938. The molecule has 1 saturated heterocycles. The highest BCUT2D eigenvalue weighted by Crippen LogP contribution is 2.55. The molecule has 1 aliphatic carbocycles. The van der Waals surface area contributed by atoms with Gasteiger partial charge in [0.15, 0.2) is 0 Å². The molecule has 1 heterocycles. The van der Waals surface area contributed by atoms with Gasteiger partial charge in [-0.05, 0) is 60.7 Å². The van der Waals surface area contributed by atoms with E-state index in [4.69, 9.17) is 32.7 Å². The van der Waals surface area contributed by atoms with Crippen LogP contribution in [0.25, 0.3) is 0 Å². The van der Waals surface area contributed by atoms with Crippen LogP contribution in [0.5, 0.6) is 5.75 Å². The second kappa shape index (κ2) is 12.2. The van der Waals surface area contributed by atoms with E-state index in [1.54, 1.807) is 19.2 Å². The summed E-state index contributed by atoms with van der Waals surface area (Å²) in [5.41, 5.74) is 1.47. The van der Waals surface area contributed by atoms with E-state index >= 15 is 0 Å². The number of nitrogens with one attached hydrogen (secondary N) is 1. The van der Waals surface area contributed by atoms with Crippen LogP contribution in [0.15, 0.2) is 55.1 Å². The number of quaternary nitrogens is 1. The van der Waals surface area contributed by atoms with E-state index < -0.39 is 0 Å². The Balaban J connectivity index is 1.66. The number of carbonyl (C=O) groups excluding carboxylic acids is 1. The minimum absolute atomic E-state index is 0.00324. The lowest BCUT2D eigenvalue weighted by Crippen LogP contribution is -2.73. The van der Waals surface area contributed by atoms with Crippen LogP contribution in [0.1, 0.15) is 50.7 Å². The number of hydrogen-bond donors (Lipinski definition) is 1. The molecule has 1 saturated carbocycles. The Labute approximate surface area is 244 Å². The summed E-state index contributed by atoms with van der Waals surface area (Å²) in [5.74, 6) is 1.41. The molecule has 2 aliphatic rings. The van der Waals surface area contributed by atoms with Gasteiger partial charge in [0.2, 0.25) is 5.91 Å². The van der Waals surface area contributed by atoms with Crippen molar-refractivity contribution < 1.29 is 18.8 Å². The summed E-state index contributed by atoms with van der Waals surface area (Å²) in [7, 11) is 3.59. The summed E-state index contributed by atoms with van der Waals surface area (Å²) in [6, 6.07) is 13.9. The Morgan fingerprint density at radius 3 is 2.64 bits per heavy atom. The third-order valence-electron chi connectivity index (χ3n) is 8.96. The van der Waals surface area contributed by atoms with Crippen LogP contribution in [0.4, 0.5) is 0 Å². The van der Waals surface area contributed by atoms with E-state index in [1.807, 2.05) is 19.2 Å². The molecule has 1 amide bonds. The van der Waals surface area contributed by atoms with Gasteiger partial charge in [-0.15, -0.1) is 0 Å². The number of fused-ring (bicyclic) bond motifs is 1. The molecule has 7 heteroatoms. The maximum absolute atomic E-state index is 13.2. The number of halogens is 2. The van der Waals surface area contributed by atoms with E-state index in [0.717, 1.165) is 67.7 Å². The Morgan fingerprint density at radius 2 is 1.97 bits per heavy atom. The van der Waals surface area contributed by atoms with Crippen LogP contribution in [0, 0.1) is 5.92 Å². The van der Waals surface area contributed by atoms with Crippen molar-refractivity contribution in [3.05, 3.63) is 76.3 Å². The highest BCUT2D eigenvalue weighted by molar-refractivity contribution is 6.42. The summed E-state index contributed by atoms with van der Waals surface area (Å²) in [6.45, 7) is 12.7. The quantitative estimate of drug-likeness (QED) is 0.257. The van der Waals surface area contributed by atoms with Crippen molar-refractivity contribution in [1.29, 1.82) is 0 Å². The summed E-state index contributed by atoms with van der Waals surface area (Å²) < 4.78 is 13.3. The lowest BCUT2D eigenvalue weighted by atomic mass is 9.54. The van der Waals surface area contributed by atoms with Crippen LogP contribution in [-0.2, 0) is 21.4 Å². The predicted molar refractivity (Wildman–Crippen MR) is 160 cm³/mol. The van der Waals surface area contributed by atoms with Crippen molar-refractivity contribution in [2.24, 2.45) is 5.92 Å². The van der Waals surface area contributed by atoms with E-state index in [1.165, 1.54) is 5.56 Å². The molecule has 1 aliphatic heterocycles. The van der Waals surface area contributed by atoms with E-state index in [2.05, 4.69) is 50.0 Å². The number of amides is 1. The molecular weight excluding hydrogens is 531 g/mol. The first-order chi connectivity index (χ1) is 18.6. The Hall–Kier alpha value is -2.05. The molecule has 2 aromatic rings. The van der Waals surface area contributed by atoms with Crippen LogP contribution < -0.4 is 10.1 Å². The number of benzene rings is 2. The number of piperidine rings is 1. The monoisotopic (exact) mass is 573 g/mol. The molecule has 5 nitrogen and oxygen atoms in total. The lowest BCUT2D eigenvalue weighted by Gasteiger charge is -2.62. The van der Waals surface area contributed by atoms with Crippen molar-refractivity contribution >= 4 is 29.1 Å². The number of hydrogen-bond acceptors (Lipinski definition) is 3. The average Bonchev–Trinajstić information content (AvgIpc) is 2.90. The summed E-state index contributed by atoms with van der Waals surface area (Å²) in [6.07, 6.45) is 5.85. The van der Waals surface area contributed by atoms with Gasteiger partial charge >= 0.3 is 0 Å². The number of nitrogens with zero attached hydrogens (tertiary/aromatic N) is 1. The SMILES string of the molecule is C=CC[N@@+]1(CC(C)C)CC[C@]2(c3cccc(OC)c3)C[C@@H](NC(=O)Cc3ccc(Cl)c(Cl)c3)CCC2(OC)C1. The molecule has 1 N–H and O–H groups in total. The van der Waals surface area contributed by atoms with Crippen LogP contribution in [0.3, 0.4) is 0 Å². The molecule has 1 unspecified atom stereocenters. The number of likely N-dealkylation sites (tertiary alicyclic amines) is 1. The van der Waals surface area contributed by atoms with E-state index in [9.17, 15) is 4.79 Å². The largest absolute Gasteiger partial charge is 0.497 e. The molecule has 212 valence electrons. The van der Waals surface area contributed by atoms with Crippen LogP contribution in [-0.4, -0.2) is 62.4 Å². The molecule has 0 spiro atoms. The molecule has 2 fully saturated rings. The first-order valence-corrected chi connectivity index (χ1v) is 14.7. The maximum Gasteiger partial charge on any atom is 0.224 e. The van der Waals surface area contributed by atoms with Crippen LogP contribution >= 0.6 is 23.2 Å². The zero-order valence-electron chi connectivity index (χ0n) is 23.8. The molecule has 0 bridgehead atoms. The number of ether oxygens (including phenoxy) is 2. The third kappa shape index (κ3) is 6.17. The fourth-order valence-electron chi connectivity index (χ4n) is 7.44. The Bertz CT molecular complexity index is 1190. The van der Waals surface area contributed by atoms with Gasteiger partial charge in [-0.1, -0.05) is 61.8 Å². The minimum atomic E-state index is -0.361. The summed E-state index contributed by atoms with van der Waals surface area (Å²) in [5, 5.41) is 4.31. The van der Waals surface area contributed by atoms with Gasteiger partial charge in [0.05, 0.1) is 43.2 Å². The molecule has 4 atom stereocenters. The molecule has 0 aromatic heterocycles. The van der Waals surface area contributed by atoms with Gasteiger partial charge in [0, 0.05) is 30.9 Å². The zero-order chi connectivity index (χ0) is 28.3. The van der Waals surface area contributed by atoms with Gasteiger partial charge in [0.1, 0.15) is 17.9 Å². The number of methoxy groups -OCH3 is 2. The first-order valence-electron chi connectivity index (χ1n) is 14.0. The van der Waals surface area contributed by atoms with Gasteiger partial charge in [-0.25, -0.2) is 0 Å². The normalized spacial score (nSPS) is 28.5. The third-order valence-corrected chi connectivity index (χ3v) is 9.70. The zero-order valence-corrected chi connectivity index (χ0v) is 25.3. The summed E-state index contributed by atoms with van der Waals surface area (Å²) >= 11 is 12.3. The first kappa shape index (κ1) is 29.9. The second-order valence-corrected chi connectivity index (χ2v) is 12.8. The second-order valence-electron chi connectivity index (χ2n) is 12.0. The van der Waals surface area contributed by atoms with Crippen molar-refractivity contribution in [3.8, 4) is 5.75 Å². The Morgan fingerprint density at radius 1 is 1.18 bits per heavy atom. The Kier molecular flexibility index (Phi) is 9.37. The molecule has 4 rings (SSSR count). The molecule has 0 radical (unpaired) electrons. The fourth-order valence-corrected chi connectivity index (χ4v) is 7.76. The van der Waals surface area contributed by atoms with Gasteiger partial charge in [0.25, 0.3) is 0 Å². The van der Waals surface area contributed by atoms with E-state index in [0.29, 0.717) is 16.0 Å². The molecule has 39 heavy (non-hydrogen) atoms. The van der Waals surface area contributed by atoms with Gasteiger partial charge in [-0.2, -0.15) is 0 Å². The molecule has 2 aromatic carbocycles. The predicted octanol–water partition coefficient (Wildman–Crippen LogP) is 6.60. The fraction of sp³-hybridized carbons (Fsp3) is 0.531. The van der Waals surface area contributed by atoms with Crippen molar-refractivity contribution in [2.75, 3.05) is 40.4 Å². The smallest absolute Gasteiger partial charge is 0.224 e. The average molecular weight is 575 g/mol. The van der Waals surface area contributed by atoms with Crippen molar-refractivity contribution in [2.45, 2.75) is 63.0 Å². The minimum Gasteiger partial charge on any atom is -0.497 e. The van der Waals surface area contributed by atoms with Crippen LogP contribution in [0.2, 0.25) is 10.0 Å². The van der Waals surface area contributed by atoms with Crippen molar-refractivity contribution in [3.63, 3.8) is 0 Å². The number of rotatable bonds is 10. The van der Waals surface area contributed by atoms with Gasteiger partial charge in [-0.3, -0.25) is 4.79 Å². The standard InChI is InChI=1S/C32H42Cl2N2O3/c1-6-15-36(21-23(2)3)16-14-31(25-8-7-9-27(19-25)38-4)20-26(12-13-32(31,22-36)39-5)35-30(37)18-24-10-11-28(33)29(34)17-24/h6-11,17,19,23,26H,1,12-16,18,20-22H2,2-5H3/p+1/t26-,31+,32?,36-/m0/s1. The topological polar surface area (TPSA) is 47.6 Å². The van der Waals surface area contributed by atoms with E-state index in [-0.39, 0.29) is 29.4 Å². The van der Waals surface area contributed by atoms with Gasteiger partial charge < -0.3 is 19.3 Å². The highest BCUT2D eigenvalue weighted by atomic mass is 35.5. The molecular formula is C32H43Cl2N2O3+. The highest BCUT2D eigenvalue weighted by Gasteiger charge is 2.63. The maximum atomic E-state index is 13.2. The summed E-state index contributed by atoms with van der Waals surface area (Å²) in [4.78, 5) is 13.2. The number of carbonyl (C=O) groups is 1.